The molecule has 0 spiro atoms. The maximum atomic E-state index is 14.3. The molecular formula is C38H52F2N3O15P. The summed E-state index contributed by atoms with van der Waals surface area (Å²) < 4.78 is 84.0. The van der Waals surface area contributed by atoms with Gasteiger partial charge in [-0.05, 0) is 61.0 Å². The van der Waals surface area contributed by atoms with Crippen LogP contribution in [0.2, 0.25) is 0 Å². The quantitative estimate of drug-likeness (QED) is 0.0773. The molecule has 328 valence electrons. The minimum Gasteiger partial charge on any atom is -0.491 e. The Morgan fingerprint density at radius 3 is 2.07 bits per heavy atom. The summed E-state index contributed by atoms with van der Waals surface area (Å²) >= 11 is 0. The van der Waals surface area contributed by atoms with E-state index in [0.717, 1.165) is 25.4 Å². The average molecular weight is 860 g/mol. The number of benzene rings is 1. The van der Waals surface area contributed by atoms with Gasteiger partial charge in [0, 0.05) is 37.5 Å². The van der Waals surface area contributed by atoms with E-state index in [1.54, 1.807) is 62.3 Å². The number of fused-ring (bicyclic) bond motifs is 1. The Morgan fingerprint density at radius 1 is 0.983 bits per heavy atom. The van der Waals surface area contributed by atoms with Crippen LogP contribution in [0.1, 0.15) is 95.1 Å². The number of nitrogens with one attached hydrogen (secondary N) is 1. The highest BCUT2D eigenvalue weighted by molar-refractivity contribution is 7.53. The molecule has 0 radical (unpaired) electrons. The maximum Gasteiger partial charge on any atom is 0.510 e. The zero-order valence-electron chi connectivity index (χ0n) is 34.7. The van der Waals surface area contributed by atoms with Crippen molar-refractivity contribution in [2.75, 3.05) is 33.4 Å². The topological polar surface area (TPSA) is 214 Å². The second-order valence-corrected chi connectivity index (χ2v) is 17.6. The van der Waals surface area contributed by atoms with Crippen LogP contribution in [-0.4, -0.2) is 96.8 Å². The van der Waals surface area contributed by atoms with E-state index in [4.69, 9.17) is 37.5 Å². The summed E-state index contributed by atoms with van der Waals surface area (Å²) in [5.74, 6) is -3.77. The first-order valence-corrected chi connectivity index (χ1v) is 20.2. The zero-order chi connectivity index (χ0) is 44.5. The van der Waals surface area contributed by atoms with Gasteiger partial charge in [-0.3, -0.25) is 28.0 Å². The molecule has 1 aliphatic heterocycles. The standard InChI is InChI=1S/C38H52F2N3O15P/c1-22(2)56-35(48)52-20-54-59(50,55-21-53-36(49)57-23(3)4)15-11-14-43(34(47)58-37(5,6)7)28-19-42-18-26(30(44)31(51-10)29(42)32(45)38(28,8)9)33(46)41-17-24-12-13-25(39)16-27(24)40/h12-13,16,18,22-23,28H,11,14-15,17,19-21H2,1-10H3,(H,41,46). The Morgan fingerprint density at radius 2 is 1.56 bits per heavy atom. The van der Waals surface area contributed by atoms with E-state index < -0.39 is 122 Å². The fraction of sp³-hybridized carbons (Fsp3) is 0.579. The number of ketones is 1. The fourth-order valence-electron chi connectivity index (χ4n) is 5.72. The molecule has 1 atom stereocenters. The summed E-state index contributed by atoms with van der Waals surface area (Å²) in [6, 6.07) is 1.74. The fourth-order valence-corrected chi connectivity index (χ4v) is 7.01. The molecular weight excluding hydrogens is 807 g/mol. The second kappa shape index (κ2) is 20.3. The number of rotatable bonds is 17. The van der Waals surface area contributed by atoms with Crippen molar-refractivity contribution in [2.45, 2.75) is 106 Å². The summed E-state index contributed by atoms with van der Waals surface area (Å²) in [6.45, 7) is 11.6. The van der Waals surface area contributed by atoms with Crippen LogP contribution >= 0.6 is 7.60 Å². The molecule has 0 fully saturated rings. The van der Waals surface area contributed by atoms with Crippen LogP contribution in [0.4, 0.5) is 23.2 Å². The minimum atomic E-state index is -4.29. The Hall–Kier alpha value is -5.07. The first-order chi connectivity index (χ1) is 27.4. The zero-order valence-corrected chi connectivity index (χ0v) is 35.6. The van der Waals surface area contributed by atoms with Gasteiger partial charge in [0.1, 0.15) is 28.5 Å². The third-order valence-electron chi connectivity index (χ3n) is 8.50. The highest BCUT2D eigenvalue weighted by Gasteiger charge is 2.49. The average Bonchev–Trinajstić information content (AvgIpc) is 3.10. The number of pyridine rings is 1. The molecule has 0 saturated heterocycles. The van der Waals surface area contributed by atoms with Crippen molar-refractivity contribution < 1.29 is 74.8 Å². The Balaban J connectivity index is 1.96. The number of halogens is 2. The van der Waals surface area contributed by atoms with Gasteiger partial charge in [-0.15, -0.1) is 0 Å². The van der Waals surface area contributed by atoms with E-state index in [1.165, 1.54) is 9.47 Å². The third kappa shape index (κ3) is 13.5. The number of carbonyl (C=O) groups excluding carboxylic acids is 5. The summed E-state index contributed by atoms with van der Waals surface area (Å²) in [7, 11) is -3.14. The molecule has 1 N–H and O–H groups in total. The molecule has 2 heterocycles. The van der Waals surface area contributed by atoms with Crippen LogP contribution in [-0.2, 0) is 50.4 Å². The minimum absolute atomic E-state index is 0.0579. The molecule has 3 rings (SSSR count). The smallest absolute Gasteiger partial charge is 0.491 e. The predicted octanol–water partition coefficient (Wildman–Crippen LogP) is 6.55. The molecule has 0 aliphatic carbocycles. The van der Waals surface area contributed by atoms with Crippen molar-refractivity contribution in [3.05, 3.63) is 63.1 Å². The highest BCUT2D eigenvalue weighted by atomic mass is 31.2. The number of methoxy groups -OCH3 is 1. The molecule has 0 saturated carbocycles. The SMILES string of the molecule is COc1c2n(cc(C(=O)NCc3ccc(F)cc3F)c1=O)CC(N(CCCP(=O)(OCOC(=O)OC(C)C)OCOC(=O)OC(C)C)C(=O)OC(C)(C)C)C(C)(C)C2=O. The van der Waals surface area contributed by atoms with Crippen LogP contribution < -0.4 is 15.5 Å². The lowest BCUT2D eigenvalue weighted by molar-refractivity contribution is -0.0309. The van der Waals surface area contributed by atoms with E-state index in [9.17, 15) is 42.1 Å². The van der Waals surface area contributed by atoms with E-state index in [1.807, 2.05) is 0 Å². The van der Waals surface area contributed by atoms with Crippen LogP contribution in [0.25, 0.3) is 0 Å². The van der Waals surface area contributed by atoms with Crippen LogP contribution in [0.5, 0.6) is 5.75 Å². The Kier molecular flexibility index (Phi) is 16.6. The molecule has 59 heavy (non-hydrogen) atoms. The molecule has 1 aromatic carbocycles. The summed E-state index contributed by atoms with van der Waals surface area (Å²) in [6.07, 6.45) is -3.67. The second-order valence-electron chi connectivity index (χ2n) is 15.4. The lowest BCUT2D eigenvalue weighted by Crippen LogP contribution is -2.58. The molecule has 2 amide bonds. The molecule has 2 aromatic rings. The number of aromatic nitrogens is 1. The van der Waals surface area contributed by atoms with Crippen molar-refractivity contribution >= 4 is 37.7 Å². The van der Waals surface area contributed by atoms with E-state index in [-0.39, 0.29) is 30.8 Å². The van der Waals surface area contributed by atoms with Gasteiger partial charge in [-0.25, -0.2) is 23.2 Å². The van der Waals surface area contributed by atoms with Crippen LogP contribution in [0.15, 0.2) is 29.2 Å². The van der Waals surface area contributed by atoms with Gasteiger partial charge < -0.3 is 43.2 Å². The number of hydrogen-bond acceptors (Lipinski definition) is 15. The Labute approximate surface area is 340 Å². The van der Waals surface area contributed by atoms with Gasteiger partial charge in [-0.1, -0.05) is 19.9 Å². The van der Waals surface area contributed by atoms with Gasteiger partial charge in [-0.2, -0.15) is 0 Å². The first-order valence-electron chi connectivity index (χ1n) is 18.5. The summed E-state index contributed by atoms with van der Waals surface area (Å²) in [5, 5.41) is 2.42. The molecule has 0 bridgehead atoms. The van der Waals surface area contributed by atoms with Gasteiger partial charge >= 0.3 is 26.0 Å². The van der Waals surface area contributed by atoms with Crippen molar-refractivity contribution in [1.29, 1.82) is 0 Å². The molecule has 18 nitrogen and oxygen atoms in total. The van der Waals surface area contributed by atoms with Gasteiger partial charge in [0.15, 0.2) is 11.5 Å². The van der Waals surface area contributed by atoms with Crippen molar-refractivity contribution in [2.24, 2.45) is 5.41 Å². The maximum absolute atomic E-state index is 14.3. The third-order valence-corrected chi connectivity index (χ3v) is 10.4. The van der Waals surface area contributed by atoms with Crippen molar-refractivity contribution in [3.63, 3.8) is 0 Å². The van der Waals surface area contributed by atoms with Crippen LogP contribution in [0.3, 0.4) is 0 Å². The van der Waals surface area contributed by atoms with E-state index in [2.05, 4.69) is 5.32 Å². The number of nitrogens with zero attached hydrogens (tertiary/aromatic N) is 2. The van der Waals surface area contributed by atoms with Gasteiger partial charge in [0.25, 0.3) is 5.91 Å². The Bertz CT molecular complexity index is 1950. The summed E-state index contributed by atoms with van der Waals surface area (Å²) in [4.78, 5) is 80.2. The highest BCUT2D eigenvalue weighted by Crippen LogP contribution is 2.49. The molecule has 1 aliphatic rings. The largest absolute Gasteiger partial charge is 0.510 e. The molecule has 1 aromatic heterocycles. The number of amides is 2. The van der Waals surface area contributed by atoms with Crippen molar-refractivity contribution in [3.8, 4) is 5.75 Å². The number of carbonyl (C=O) groups is 5. The molecule has 21 heteroatoms. The number of Topliss-reactive ketones (excluding diaryl/α,β-unsaturated/α-hetero) is 1. The first kappa shape index (κ1) is 48.3. The van der Waals surface area contributed by atoms with Crippen LogP contribution in [0, 0.1) is 17.0 Å². The lowest BCUT2D eigenvalue weighted by atomic mass is 9.75. The normalized spacial score (nSPS) is 14.9. The predicted molar refractivity (Wildman–Crippen MR) is 204 cm³/mol. The number of ether oxygens (including phenoxy) is 6. The van der Waals surface area contributed by atoms with Gasteiger partial charge in [0.05, 0.1) is 36.9 Å². The van der Waals surface area contributed by atoms with E-state index in [0.29, 0.717) is 6.07 Å². The number of hydrogen-bond donors (Lipinski definition) is 1. The monoisotopic (exact) mass is 859 g/mol. The lowest BCUT2D eigenvalue weighted by Gasteiger charge is -2.45. The summed E-state index contributed by atoms with van der Waals surface area (Å²) in [5.41, 5.74) is -4.10. The van der Waals surface area contributed by atoms with Crippen molar-refractivity contribution in [1.82, 2.24) is 14.8 Å². The van der Waals surface area contributed by atoms with E-state index >= 15 is 0 Å². The van der Waals surface area contributed by atoms with Gasteiger partial charge in [0.2, 0.25) is 19.0 Å². The molecule has 1 unspecified atom stereocenters.